The van der Waals surface area contributed by atoms with Gasteiger partial charge in [-0.2, -0.15) is 0 Å². The van der Waals surface area contributed by atoms with E-state index in [2.05, 4.69) is 50.5 Å². The summed E-state index contributed by atoms with van der Waals surface area (Å²) in [5.41, 5.74) is 2.73. The number of carbonyl (C=O) groups is 1. The molecule has 1 atom stereocenters. The average Bonchev–Trinajstić information content (AvgIpc) is 3.59. The molecule has 6 rings (SSSR count). The minimum Gasteiger partial charge on any atom is -0.487 e. The Morgan fingerprint density at radius 3 is 2.33 bits per heavy atom. The maximum absolute atomic E-state index is 12.4. The van der Waals surface area contributed by atoms with E-state index < -0.39 is 5.60 Å². The molecule has 1 amide bonds. The Morgan fingerprint density at radius 1 is 0.922 bits per heavy atom. The van der Waals surface area contributed by atoms with Crippen molar-refractivity contribution in [2.24, 2.45) is 5.92 Å². The van der Waals surface area contributed by atoms with Crippen LogP contribution >= 0.6 is 11.6 Å². The highest BCUT2D eigenvalue weighted by Crippen LogP contribution is 2.36. The van der Waals surface area contributed by atoms with Crippen molar-refractivity contribution in [1.29, 1.82) is 0 Å². The molecule has 0 spiro atoms. The van der Waals surface area contributed by atoms with Gasteiger partial charge in [0, 0.05) is 75.0 Å². The number of benzene rings is 2. The molecule has 3 aliphatic rings. The number of anilines is 1. The number of halogens is 1. The van der Waals surface area contributed by atoms with E-state index in [0.717, 1.165) is 100 Å². The van der Waals surface area contributed by atoms with E-state index in [4.69, 9.17) is 32.6 Å². The fourth-order valence-electron chi connectivity index (χ4n) is 7.46. The quantitative estimate of drug-likeness (QED) is 0.212. The number of carbonyl (C=O) groups excluding carboxylic acids is 1. The van der Waals surface area contributed by atoms with E-state index in [9.17, 15) is 4.79 Å². The van der Waals surface area contributed by atoms with E-state index in [1.807, 2.05) is 62.2 Å². The largest absolute Gasteiger partial charge is 0.487 e. The fourth-order valence-corrected chi connectivity index (χ4v) is 7.69. The summed E-state index contributed by atoms with van der Waals surface area (Å²) in [4.78, 5) is 34.9. The number of hydrogen-bond donors (Lipinski definition) is 0. The lowest BCUT2D eigenvalue weighted by Gasteiger charge is -2.38. The van der Waals surface area contributed by atoms with Crippen molar-refractivity contribution in [3.8, 4) is 5.75 Å². The van der Waals surface area contributed by atoms with Gasteiger partial charge < -0.3 is 24.2 Å². The minimum absolute atomic E-state index is 0.178. The molecule has 272 valence electrons. The summed E-state index contributed by atoms with van der Waals surface area (Å²) in [6, 6.07) is 16.1. The van der Waals surface area contributed by atoms with E-state index in [1.54, 1.807) is 6.07 Å². The van der Waals surface area contributed by atoms with E-state index in [-0.39, 0.29) is 11.5 Å². The van der Waals surface area contributed by atoms with Gasteiger partial charge in [0.05, 0.1) is 12.3 Å². The first-order valence-electron chi connectivity index (χ1n) is 18.3. The first-order valence-corrected chi connectivity index (χ1v) is 18.7. The Balaban J connectivity index is 0.939. The van der Waals surface area contributed by atoms with Gasteiger partial charge in [-0.3, -0.25) is 4.90 Å². The van der Waals surface area contributed by atoms with E-state index in [0.29, 0.717) is 29.3 Å². The Labute approximate surface area is 308 Å². The zero-order valence-electron chi connectivity index (χ0n) is 30.8. The monoisotopic (exact) mass is 713 g/mol. The number of aromatic nitrogens is 2. The first-order chi connectivity index (χ1) is 24.4. The number of ether oxygens (including phenoxy) is 2. The van der Waals surface area contributed by atoms with Crippen LogP contribution in [-0.4, -0.2) is 101 Å². The second-order valence-electron chi connectivity index (χ2n) is 15.7. The van der Waals surface area contributed by atoms with Crippen LogP contribution in [0.1, 0.15) is 70.7 Å². The molecule has 2 aromatic carbocycles. The van der Waals surface area contributed by atoms with Gasteiger partial charge in [0.1, 0.15) is 18.0 Å². The van der Waals surface area contributed by atoms with E-state index in [1.165, 1.54) is 6.42 Å². The minimum atomic E-state index is -0.448. The molecule has 11 heteroatoms. The van der Waals surface area contributed by atoms with E-state index >= 15 is 0 Å². The van der Waals surface area contributed by atoms with Crippen LogP contribution in [0.15, 0.2) is 54.7 Å². The van der Waals surface area contributed by atoms with Crippen LogP contribution in [0.3, 0.4) is 0 Å². The number of piperidine rings is 1. The highest BCUT2D eigenvalue weighted by atomic mass is 35.5. The lowest BCUT2D eigenvalue weighted by molar-refractivity contribution is 0.0172. The van der Waals surface area contributed by atoms with Gasteiger partial charge >= 0.3 is 6.09 Å². The van der Waals surface area contributed by atoms with Gasteiger partial charge in [-0.25, -0.2) is 19.6 Å². The van der Waals surface area contributed by atoms with Crippen LogP contribution in [0.4, 0.5) is 16.4 Å². The number of likely N-dealkylation sites (tertiary alicyclic amines) is 2. The summed E-state index contributed by atoms with van der Waals surface area (Å²) in [6.07, 6.45) is 4.95. The van der Waals surface area contributed by atoms with Crippen LogP contribution in [0.5, 0.6) is 5.75 Å². The van der Waals surface area contributed by atoms with Gasteiger partial charge in [-0.05, 0) is 94.0 Å². The van der Waals surface area contributed by atoms with Crippen molar-refractivity contribution >= 4 is 29.3 Å². The molecule has 1 unspecified atom stereocenters. The molecule has 51 heavy (non-hydrogen) atoms. The standard InChI is InChI=1S/C40H52ClN7O3/c1-39(2,3)51-38(49)48-17-12-29(13-18-48)26-45-16-14-35(27-45)46-19-21-47(22-20-46)37-43-15-11-33(44-37)28-50-36-9-7-30(8-10-36)40(4,5)31-23-32(41)25-34(24-31)42-6/h7-11,15,23-25,29,35H,12-14,16-22,26-28H2,1-5H3. The topological polar surface area (TPSA) is 78.6 Å². The van der Waals surface area contributed by atoms with Gasteiger partial charge in [0.25, 0.3) is 0 Å². The maximum atomic E-state index is 12.4. The third kappa shape index (κ3) is 9.50. The number of rotatable bonds is 9. The molecule has 4 heterocycles. The second kappa shape index (κ2) is 15.8. The molecular formula is C40H52ClN7O3. The molecule has 0 bridgehead atoms. The van der Waals surface area contributed by atoms with Crippen molar-refractivity contribution < 1.29 is 14.3 Å². The van der Waals surface area contributed by atoms with Crippen LogP contribution in [0.2, 0.25) is 5.02 Å². The summed E-state index contributed by atoms with van der Waals surface area (Å²) < 4.78 is 11.7. The fraction of sp³-hybridized carbons (Fsp3) is 0.550. The molecule has 0 aliphatic carbocycles. The molecule has 0 N–H and O–H groups in total. The third-order valence-electron chi connectivity index (χ3n) is 10.5. The lowest BCUT2D eigenvalue weighted by Crippen LogP contribution is -2.51. The summed E-state index contributed by atoms with van der Waals surface area (Å²) in [6.45, 7) is 26.6. The van der Waals surface area contributed by atoms with Gasteiger partial charge in [0.15, 0.2) is 5.69 Å². The van der Waals surface area contributed by atoms with Crippen LogP contribution < -0.4 is 9.64 Å². The lowest BCUT2D eigenvalue weighted by atomic mass is 9.78. The summed E-state index contributed by atoms with van der Waals surface area (Å²) in [5.74, 6) is 2.17. The predicted octanol–water partition coefficient (Wildman–Crippen LogP) is 7.43. The van der Waals surface area contributed by atoms with Crippen LogP contribution in [-0.2, 0) is 16.8 Å². The van der Waals surface area contributed by atoms with Crippen molar-refractivity contribution in [1.82, 2.24) is 24.7 Å². The zero-order chi connectivity index (χ0) is 36.2. The molecule has 3 saturated heterocycles. The summed E-state index contributed by atoms with van der Waals surface area (Å²) in [5, 5.41) is 0.570. The molecule has 0 radical (unpaired) electrons. The Kier molecular flexibility index (Phi) is 11.4. The average molecular weight is 714 g/mol. The normalized spacial score (nSPS) is 19.6. The molecule has 10 nitrogen and oxygen atoms in total. The second-order valence-corrected chi connectivity index (χ2v) is 16.2. The number of nitrogens with zero attached hydrogens (tertiary/aromatic N) is 7. The van der Waals surface area contributed by atoms with Crippen LogP contribution in [0, 0.1) is 12.5 Å². The molecular weight excluding hydrogens is 662 g/mol. The van der Waals surface area contributed by atoms with Gasteiger partial charge in [-0.1, -0.05) is 43.6 Å². The predicted molar refractivity (Wildman–Crippen MR) is 202 cm³/mol. The Hall–Kier alpha value is -3.91. The highest BCUT2D eigenvalue weighted by Gasteiger charge is 2.33. The summed E-state index contributed by atoms with van der Waals surface area (Å²) >= 11 is 6.30. The maximum Gasteiger partial charge on any atom is 0.410 e. The van der Waals surface area contributed by atoms with Crippen molar-refractivity contribution in [3.05, 3.63) is 88.0 Å². The molecule has 1 aromatic heterocycles. The third-order valence-corrected chi connectivity index (χ3v) is 10.8. The molecule has 3 aromatic rings. The number of hydrogen-bond acceptors (Lipinski definition) is 8. The molecule has 3 fully saturated rings. The molecule has 0 saturated carbocycles. The van der Waals surface area contributed by atoms with Crippen molar-refractivity contribution in [3.63, 3.8) is 0 Å². The van der Waals surface area contributed by atoms with Crippen LogP contribution in [0.25, 0.3) is 4.85 Å². The van der Waals surface area contributed by atoms with Gasteiger partial charge in [-0.15, -0.1) is 0 Å². The zero-order valence-corrected chi connectivity index (χ0v) is 31.5. The van der Waals surface area contributed by atoms with Crippen molar-refractivity contribution in [2.75, 3.05) is 63.8 Å². The number of piperazine rings is 1. The Bertz CT molecular complexity index is 1690. The first kappa shape index (κ1) is 36.9. The number of amides is 1. The SMILES string of the molecule is [C-]#[N+]c1cc(Cl)cc(C(C)(C)c2ccc(OCc3ccnc(N4CCN(C5CCN(CC6CCN(C(=O)OC(C)(C)C)CC6)C5)CC4)n3)cc2)c1. The van der Waals surface area contributed by atoms with Gasteiger partial charge in [0.2, 0.25) is 5.95 Å². The smallest absolute Gasteiger partial charge is 0.410 e. The highest BCUT2D eigenvalue weighted by molar-refractivity contribution is 6.31. The van der Waals surface area contributed by atoms with Crippen molar-refractivity contribution in [2.45, 2.75) is 77.5 Å². The molecule has 3 aliphatic heterocycles. The Morgan fingerprint density at radius 2 is 1.65 bits per heavy atom. The summed E-state index contributed by atoms with van der Waals surface area (Å²) in [7, 11) is 0.